The summed E-state index contributed by atoms with van der Waals surface area (Å²) < 4.78 is 11.3. The van der Waals surface area contributed by atoms with Crippen molar-refractivity contribution in [1.29, 1.82) is 0 Å². The van der Waals surface area contributed by atoms with Crippen LogP contribution in [0.1, 0.15) is 44.9 Å². The molecule has 0 aliphatic heterocycles. The second kappa shape index (κ2) is 12.4. The zero-order valence-corrected chi connectivity index (χ0v) is 18.9. The number of ether oxygens (including phenoxy) is 2. The van der Waals surface area contributed by atoms with E-state index in [0.717, 1.165) is 11.1 Å². The molecule has 1 unspecified atom stereocenters. The molecule has 3 N–H and O–H groups in total. The van der Waals surface area contributed by atoms with Gasteiger partial charge < -0.3 is 25.2 Å². The average Bonchev–Trinajstić information content (AvgIpc) is 2.67. The van der Waals surface area contributed by atoms with Gasteiger partial charge in [0.1, 0.15) is 0 Å². The highest BCUT2D eigenvalue weighted by molar-refractivity contribution is 5.85. The molecule has 0 spiro atoms. The number of aliphatic hydroxyl groups excluding tert-OH is 1. The van der Waals surface area contributed by atoms with Crippen LogP contribution in [0.25, 0.3) is 0 Å². The summed E-state index contributed by atoms with van der Waals surface area (Å²) in [5.74, 6) is 0.948. The number of benzene rings is 2. The van der Waals surface area contributed by atoms with Gasteiger partial charge in [0.05, 0.1) is 12.7 Å². The quantitative estimate of drug-likeness (QED) is 0.530. The molecule has 1 atom stereocenters. The number of hydrogen-bond acceptors (Lipinski definition) is 5. The summed E-state index contributed by atoms with van der Waals surface area (Å²) in [7, 11) is 0. The highest BCUT2D eigenvalue weighted by atomic mass is 35.5. The highest BCUT2D eigenvalue weighted by Gasteiger charge is 2.15. The van der Waals surface area contributed by atoms with Crippen molar-refractivity contribution in [1.82, 2.24) is 10.6 Å². The fourth-order valence-corrected chi connectivity index (χ4v) is 2.79. The van der Waals surface area contributed by atoms with Gasteiger partial charge in [-0.3, -0.25) is 4.79 Å². The van der Waals surface area contributed by atoms with Crippen molar-refractivity contribution in [3.8, 4) is 11.5 Å². The molecule has 0 aliphatic rings. The van der Waals surface area contributed by atoms with E-state index in [-0.39, 0.29) is 30.5 Å². The number of rotatable bonds is 10. The van der Waals surface area contributed by atoms with Crippen molar-refractivity contribution in [3.05, 3.63) is 59.7 Å². The van der Waals surface area contributed by atoms with Crippen LogP contribution in [0.5, 0.6) is 11.5 Å². The van der Waals surface area contributed by atoms with Crippen molar-refractivity contribution >= 4 is 18.3 Å². The van der Waals surface area contributed by atoms with E-state index in [1.54, 1.807) is 6.07 Å². The van der Waals surface area contributed by atoms with E-state index < -0.39 is 6.10 Å². The first-order chi connectivity index (χ1) is 13.8. The molecule has 2 aromatic rings. The number of amides is 1. The van der Waals surface area contributed by atoms with E-state index in [4.69, 9.17) is 9.47 Å². The summed E-state index contributed by atoms with van der Waals surface area (Å²) in [5.41, 5.74) is 1.58. The molecule has 1 amide bonds. The van der Waals surface area contributed by atoms with E-state index in [1.165, 1.54) is 0 Å². The third kappa shape index (κ3) is 9.03. The molecule has 166 valence electrons. The van der Waals surface area contributed by atoms with Crippen molar-refractivity contribution in [2.75, 3.05) is 19.8 Å². The molecule has 0 saturated heterocycles. The third-order valence-corrected chi connectivity index (χ3v) is 4.03. The van der Waals surface area contributed by atoms with Gasteiger partial charge in [-0.1, -0.05) is 36.4 Å². The second-order valence-electron chi connectivity index (χ2n) is 7.86. The number of carbonyl (C=O) groups is 1. The van der Waals surface area contributed by atoms with Crippen LogP contribution in [0.2, 0.25) is 0 Å². The minimum atomic E-state index is -0.563. The summed E-state index contributed by atoms with van der Waals surface area (Å²) in [6.07, 6.45) is -0.563. The maximum absolute atomic E-state index is 12.0. The SMILES string of the molecule is CCOc1cc(CNCC(O)c2ccccc2)ccc1OCC(=O)NC(C)(C)C.Cl. The highest BCUT2D eigenvalue weighted by Crippen LogP contribution is 2.28. The Bertz CT molecular complexity index is 779. The number of halogens is 1. The van der Waals surface area contributed by atoms with Crippen molar-refractivity contribution < 1.29 is 19.4 Å². The lowest BCUT2D eigenvalue weighted by Gasteiger charge is -2.21. The smallest absolute Gasteiger partial charge is 0.258 e. The Kier molecular flexibility index (Phi) is 10.7. The van der Waals surface area contributed by atoms with Gasteiger partial charge in [-0.2, -0.15) is 0 Å². The molecule has 0 bridgehead atoms. The maximum Gasteiger partial charge on any atom is 0.258 e. The largest absolute Gasteiger partial charge is 0.490 e. The Morgan fingerprint density at radius 2 is 1.77 bits per heavy atom. The number of aliphatic hydroxyl groups is 1. The molecule has 30 heavy (non-hydrogen) atoms. The second-order valence-corrected chi connectivity index (χ2v) is 7.86. The first-order valence-corrected chi connectivity index (χ1v) is 9.91. The van der Waals surface area contributed by atoms with Gasteiger partial charge in [0.15, 0.2) is 18.1 Å². The summed E-state index contributed by atoms with van der Waals surface area (Å²) in [4.78, 5) is 12.0. The van der Waals surface area contributed by atoms with E-state index in [9.17, 15) is 9.90 Å². The minimum Gasteiger partial charge on any atom is -0.490 e. The maximum atomic E-state index is 12.0. The zero-order valence-electron chi connectivity index (χ0n) is 18.1. The van der Waals surface area contributed by atoms with Crippen LogP contribution in [0.3, 0.4) is 0 Å². The molecule has 0 aliphatic carbocycles. The monoisotopic (exact) mass is 436 g/mol. The van der Waals surface area contributed by atoms with E-state index in [0.29, 0.717) is 31.2 Å². The van der Waals surface area contributed by atoms with Crippen LogP contribution >= 0.6 is 12.4 Å². The number of nitrogens with one attached hydrogen (secondary N) is 2. The summed E-state index contributed by atoms with van der Waals surface area (Å²) in [6, 6.07) is 15.2. The topological polar surface area (TPSA) is 79.8 Å². The lowest BCUT2D eigenvalue weighted by atomic mass is 10.1. The molecular formula is C23H33ClN2O4. The van der Waals surface area contributed by atoms with Crippen molar-refractivity contribution in [2.24, 2.45) is 0 Å². The lowest BCUT2D eigenvalue weighted by Crippen LogP contribution is -2.43. The summed E-state index contributed by atoms with van der Waals surface area (Å²) >= 11 is 0. The van der Waals surface area contributed by atoms with Crippen LogP contribution in [-0.4, -0.2) is 36.3 Å². The van der Waals surface area contributed by atoms with Gasteiger partial charge in [0, 0.05) is 18.6 Å². The van der Waals surface area contributed by atoms with Gasteiger partial charge in [-0.25, -0.2) is 0 Å². The predicted octanol–water partition coefficient (Wildman–Crippen LogP) is 3.62. The lowest BCUT2D eigenvalue weighted by molar-refractivity contribution is -0.124. The van der Waals surface area contributed by atoms with Gasteiger partial charge in [-0.05, 0) is 51.0 Å². The third-order valence-electron chi connectivity index (χ3n) is 4.03. The molecule has 0 radical (unpaired) electrons. The Morgan fingerprint density at radius 3 is 2.40 bits per heavy atom. The number of carbonyl (C=O) groups excluding carboxylic acids is 1. The fourth-order valence-electron chi connectivity index (χ4n) is 2.79. The van der Waals surface area contributed by atoms with Gasteiger partial charge in [-0.15, -0.1) is 12.4 Å². The van der Waals surface area contributed by atoms with Gasteiger partial charge in [0.2, 0.25) is 0 Å². The molecule has 0 fully saturated rings. The first kappa shape index (κ1) is 25.8. The normalized spacial score (nSPS) is 11.9. The Morgan fingerprint density at radius 1 is 1.07 bits per heavy atom. The Hall–Kier alpha value is -2.28. The number of hydrogen-bond donors (Lipinski definition) is 3. The van der Waals surface area contributed by atoms with Crippen molar-refractivity contribution in [3.63, 3.8) is 0 Å². The van der Waals surface area contributed by atoms with Crippen LogP contribution in [0.4, 0.5) is 0 Å². The summed E-state index contributed by atoms with van der Waals surface area (Å²) in [5, 5.41) is 16.4. The zero-order chi connectivity index (χ0) is 21.3. The van der Waals surface area contributed by atoms with E-state index >= 15 is 0 Å². The van der Waals surface area contributed by atoms with E-state index in [1.807, 2.05) is 70.2 Å². The Labute approximate surface area is 185 Å². The van der Waals surface area contributed by atoms with Gasteiger partial charge >= 0.3 is 0 Å². The molecule has 2 rings (SSSR count). The molecule has 6 nitrogen and oxygen atoms in total. The predicted molar refractivity (Wildman–Crippen MR) is 121 cm³/mol. The van der Waals surface area contributed by atoms with Crippen molar-refractivity contribution in [2.45, 2.75) is 45.9 Å². The van der Waals surface area contributed by atoms with Gasteiger partial charge in [0.25, 0.3) is 5.91 Å². The minimum absolute atomic E-state index is 0. The summed E-state index contributed by atoms with van der Waals surface area (Å²) in [6.45, 7) is 9.12. The van der Waals surface area contributed by atoms with E-state index in [2.05, 4.69) is 10.6 Å². The van der Waals surface area contributed by atoms with Crippen LogP contribution < -0.4 is 20.1 Å². The first-order valence-electron chi connectivity index (χ1n) is 9.91. The van der Waals surface area contributed by atoms with Crippen LogP contribution in [0.15, 0.2) is 48.5 Å². The van der Waals surface area contributed by atoms with Crippen LogP contribution in [0, 0.1) is 0 Å². The molecule has 2 aromatic carbocycles. The fraction of sp³-hybridized carbons (Fsp3) is 0.435. The van der Waals surface area contributed by atoms with Crippen LogP contribution in [-0.2, 0) is 11.3 Å². The molecule has 7 heteroatoms. The standard InChI is InChI=1S/C23H32N2O4.ClH/c1-5-28-21-13-17(14-24-15-19(26)18-9-7-6-8-10-18)11-12-20(21)29-16-22(27)25-23(2,3)4;/h6-13,19,24,26H,5,14-16H2,1-4H3,(H,25,27);1H. The Balaban J connectivity index is 0.00000450. The molecule has 0 aromatic heterocycles. The molecule has 0 heterocycles. The molecule has 0 saturated carbocycles. The average molecular weight is 437 g/mol. The molecular weight excluding hydrogens is 404 g/mol.